The van der Waals surface area contributed by atoms with E-state index in [0.717, 1.165) is 48.4 Å². The summed E-state index contributed by atoms with van der Waals surface area (Å²) in [5.41, 5.74) is 2.51. The van der Waals surface area contributed by atoms with Crippen LogP contribution in [0.4, 0.5) is 11.6 Å². The number of anilines is 2. The molecule has 0 spiro atoms. The molecule has 1 aromatic carbocycles. The normalized spacial score (nSPS) is 15.6. The van der Waals surface area contributed by atoms with E-state index in [1.54, 1.807) is 0 Å². The average molecular weight is 285 g/mol. The molecule has 6 nitrogen and oxygen atoms in total. The van der Waals surface area contributed by atoms with Crippen molar-refractivity contribution >= 4 is 11.6 Å². The van der Waals surface area contributed by atoms with E-state index in [1.807, 2.05) is 18.2 Å². The molecule has 2 aliphatic rings. The fraction of sp³-hybridized carbons (Fsp3) is 0.333. The van der Waals surface area contributed by atoms with E-state index < -0.39 is 0 Å². The minimum atomic E-state index is -0.0389. The number of aryl methyl sites for hydroxylation is 1. The molecule has 1 aromatic heterocycles. The fourth-order valence-corrected chi connectivity index (χ4v) is 2.77. The Bertz CT molecular complexity index is 754. The second-order valence-corrected chi connectivity index (χ2v) is 5.24. The zero-order chi connectivity index (χ0) is 14.2. The highest BCUT2D eigenvalue weighted by atomic mass is 16.7. The van der Waals surface area contributed by atoms with Crippen molar-refractivity contribution in [3.8, 4) is 11.5 Å². The topological polar surface area (TPSA) is 76.2 Å². The zero-order valence-corrected chi connectivity index (χ0v) is 11.4. The van der Waals surface area contributed by atoms with E-state index in [-0.39, 0.29) is 12.4 Å². The molecular formula is C15H15N3O3. The molecule has 2 heterocycles. The number of nitrogens with one attached hydrogen (secondary N) is 2. The maximum Gasteiger partial charge on any atom is 0.255 e. The maximum absolute atomic E-state index is 12.1. The summed E-state index contributed by atoms with van der Waals surface area (Å²) in [4.78, 5) is 19.4. The number of hydrogen-bond donors (Lipinski definition) is 2. The van der Waals surface area contributed by atoms with Gasteiger partial charge in [0.1, 0.15) is 0 Å². The summed E-state index contributed by atoms with van der Waals surface area (Å²) in [6.07, 6.45) is 3.84. The van der Waals surface area contributed by atoms with Crippen molar-refractivity contribution in [3.63, 3.8) is 0 Å². The second-order valence-electron chi connectivity index (χ2n) is 5.24. The first-order chi connectivity index (χ1) is 10.3. The van der Waals surface area contributed by atoms with E-state index >= 15 is 0 Å². The minimum Gasteiger partial charge on any atom is -0.454 e. The third-order valence-corrected chi connectivity index (χ3v) is 3.83. The Labute approximate surface area is 121 Å². The Hall–Kier alpha value is -2.50. The van der Waals surface area contributed by atoms with E-state index in [1.165, 1.54) is 0 Å². The molecule has 0 radical (unpaired) electrons. The third-order valence-electron chi connectivity index (χ3n) is 3.83. The van der Waals surface area contributed by atoms with Crippen LogP contribution in [0.15, 0.2) is 23.0 Å². The van der Waals surface area contributed by atoms with Gasteiger partial charge in [-0.2, -0.15) is 0 Å². The van der Waals surface area contributed by atoms with Crippen LogP contribution in [0.1, 0.15) is 24.1 Å². The third kappa shape index (κ3) is 2.22. The summed E-state index contributed by atoms with van der Waals surface area (Å²) < 4.78 is 10.6. The number of aromatic amines is 1. The molecule has 1 aliphatic heterocycles. The van der Waals surface area contributed by atoms with Crippen molar-refractivity contribution in [2.45, 2.75) is 25.7 Å². The van der Waals surface area contributed by atoms with Gasteiger partial charge in [0.25, 0.3) is 5.56 Å². The van der Waals surface area contributed by atoms with Crippen molar-refractivity contribution < 1.29 is 9.47 Å². The van der Waals surface area contributed by atoms with Crippen LogP contribution in [0.3, 0.4) is 0 Å². The van der Waals surface area contributed by atoms with Gasteiger partial charge in [-0.15, -0.1) is 0 Å². The number of hydrogen-bond acceptors (Lipinski definition) is 5. The Morgan fingerprint density at radius 1 is 1.14 bits per heavy atom. The van der Waals surface area contributed by atoms with Gasteiger partial charge in [0.15, 0.2) is 11.5 Å². The first-order valence-corrected chi connectivity index (χ1v) is 7.08. The molecule has 108 valence electrons. The molecule has 6 heteroatoms. The van der Waals surface area contributed by atoms with Gasteiger partial charge in [-0.3, -0.25) is 9.78 Å². The Balaban J connectivity index is 1.65. The molecule has 0 saturated heterocycles. The van der Waals surface area contributed by atoms with Crippen LogP contribution in [0, 0.1) is 0 Å². The molecule has 2 aromatic rings. The summed E-state index contributed by atoms with van der Waals surface area (Å²) in [5, 5.41) is 3.12. The van der Waals surface area contributed by atoms with Crippen molar-refractivity contribution in [2.24, 2.45) is 0 Å². The van der Waals surface area contributed by atoms with Gasteiger partial charge in [0.05, 0.1) is 5.69 Å². The number of fused-ring (bicyclic) bond motifs is 2. The van der Waals surface area contributed by atoms with Crippen molar-refractivity contribution in [3.05, 3.63) is 39.8 Å². The quantitative estimate of drug-likeness (QED) is 0.884. The largest absolute Gasteiger partial charge is 0.454 e. The van der Waals surface area contributed by atoms with Gasteiger partial charge in [0.2, 0.25) is 12.7 Å². The SMILES string of the molecule is O=c1[nH]c(Nc2ccc3c(c2)OCO3)nc2c1CCCC2. The Morgan fingerprint density at radius 2 is 2.00 bits per heavy atom. The highest BCUT2D eigenvalue weighted by molar-refractivity contribution is 5.60. The van der Waals surface area contributed by atoms with Gasteiger partial charge >= 0.3 is 0 Å². The van der Waals surface area contributed by atoms with Crippen LogP contribution in [0.25, 0.3) is 0 Å². The predicted molar refractivity (Wildman–Crippen MR) is 77.3 cm³/mol. The average Bonchev–Trinajstić information content (AvgIpc) is 2.95. The standard InChI is InChI=1S/C15H15N3O3/c19-14-10-3-1-2-4-11(10)17-15(18-14)16-9-5-6-12-13(7-9)21-8-20-12/h5-7H,1-4,8H2,(H2,16,17,18,19). The van der Waals surface area contributed by atoms with Gasteiger partial charge < -0.3 is 14.8 Å². The lowest BCUT2D eigenvalue weighted by atomic mass is 9.97. The number of rotatable bonds is 2. The minimum absolute atomic E-state index is 0.0389. The van der Waals surface area contributed by atoms with Gasteiger partial charge in [0, 0.05) is 17.3 Å². The molecule has 0 saturated carbocycles. The fourth-order valence-electron chi connectivity index (χ4n) is 2.77. The summed E-state index contributed by atoms with van der Waals surface area (Å²) in [6, 6.07) is 5.54. The summed E-state index contributed by atoms with van der Waals surface area (Å²) >= 11 is 0. The lowest BCUT2D eigenvalue weighted by Gasteiger charge is -2.15. The first-order valence-electron chi connectivity index (χ1n) is 7.08. The van der Waals surface area contributed by atoms with Crippen LogP contribution < -0.4 is 20.3 Å². The van der Waals surface area contributed by atoms with E-state index in [4.69, 9.17) is 9.47 Å². The summed E-state index contributed by atoms with van der Waals surface area (Å²) in [5.74, 6) is 1.90. The highest BCUT2D eigenvalue weighted by Crippen LogP contribution is 2.34. The molecule has 0 atom stereocenters. The van der Waals surface area contributed by atoms with Crippen LogP contribution in [-0.2, 0) is 12.8 Å². The lowest BCUT2D eigenvalue weighted by Crippen LogP contribution is -2.22. The lowest BCUT2D eigenvalue weighted by molar-refractivity contribution is 0.174. The first kappa shape index (κ1) is 12.3. The van der Waals surface area contributed by atoms with E-state index in [0.29, 0.717) is 11.7 Å². The number of aromatic nitrogens is 2. The summed E-state index contributed by atoms with van der Waals surface area (Å²) in [7, 11) is 0. The highest BCUT2D eigenvalue weighted by Gasteiger charge is 2.17. The smallest absolute Gasteiger partial charge is 0.255 e. The molecule has 4 rings (SSSR count). The van der Waals surface area contributed by atoms with Gasteiger partial charge in [-0.05, 0) is 37.8 Å². The van der Waals surface area contributed by atoms with Gasteiger partial charge in [-0.1, -0.05) is 0 Å². The van der Waals surface area contributed by atoms with Crippen molar-refractivity contribution in [2.75, 3.05) is 12.1 Å². The number of H-pyrrole nitrogens is 1. The molecule has 0 bridgehead atoms. The molecule has 2 N–H and O–H groups in total. The second kappa shape index (κ2) is 4.80. The van der Waals surface area contributed by atoms with Crippen molar-refractivity contribution in [1.82, 2.24) is 9.97 Å². The maximum atomic E-state index is 12.1. The number of nitrogens with zero attached hydrogens (tertiary/aromatic N) is 1. The number of benzene rings is 1. The van der Waals surface area contributed by atoms with Crippen LogP contribution >= 0.6 is 0 Å². The Kier molecular flexibility index (Phi) is 2.80. The van der Waals surface area contributed by atoms with E-state index in [9.17, 15) is 4.79 Å². The molecular weight excluding hydrogens is 270 g/mol. The van der Waals surface area contributed by atoms with E-state index in [2.05, 4.69) is 15.3 Å². The molecule has 0 fully saturated rings. The monoisotopic (exact) mass is 285 g/mol. The Morgan fingerprint density at radius 3 is 2.95 bits per heavy atom. The van der Waals surface area contributed by atoms with Crippen LogP contribution in [-0.4, -0.2) is 16.8 Å². The van der Waals surface area contributed by atoms with Crippen molar-refractivity contribution in [1.29, 1.82) is 0 Å². The van der Waals surface area contributed by atoms with Gasteiger partial charge in [-0.25, -0.2) is 4.98 Å². The molecule has 0 amide bonds. The predicted octanol–water partition coefficient (Wildman–Crippen LogP) is 2.12. The van der Waals surface area contributed by atoms with Crippen LogP contribution in [0.2, 0.25) is 0 Å². The summed E-state index contributed by atoms with van der Waals surface area (Å²) in [6.45, 7) is 0.243. The zero-order valence-electron chi connectivity index (χ0n) is 11.4. The number of ether oxygens (including phenoxy) is 2. The molecule has 0 unspecified atom stereocenters. The van der Waals surface area contributed by atoms with Crippen LogP contribution in [0.5, 0.6) is 11.5 Å². The molecule has 1 aliphatic carbocycles. The molecule has 21 heavy (non-hydrogen) atoms.